The number of rotatable bonds is 4. The quantitative estimate of drug-likeness (QED) is 0.353. The summed E-state index contributed by atoms with van der Waals surface area (Å²) in [5, 5.41) is 20.0. The van der Waals surface area contributed by atoms with E-state index in [0.717, 1.165) is 18.2 Å². The molecule has 3 unspecified atom stereocenters. The number of hydrogen-bond donors (Lipinski definition) is 6. The third-order valence-corrected chi connectivity index (χ3v) is 5.22. The van der Waals surface area contributed by atoms with Gasteiger partial charge in [-0.15, -0.1) is 0 Å². The first kappa shape index (κ1) is 21.0. The van der Waals surface area contributed by atoms with Crippen LogP contribution in [0.4, 0.5) is 10.5 Å². The molecule has 2 heterocycles. The van der Waals surface area contributed by atoms with Gasteiger partial charge in [0.05, 0.1) is 11.7 Å². The lowest BCUT2D eigenvalue weighted by Crippen LogP contribution is -2.51. The van der Waals surface area contributed by atoms with E-state index >= 15 is 0 Å². The number of nitrogens with zero attached hydrogens (tertiary/aromatic N) is 1. The normalized spacial score (nSPS) is 25.4. The molecule has 1 aromatic carbocycles. The lowest BCUT2D eigenvalue weighted by Gasteiger charge is -2.30. The molecule has 0 saturated carbocycles. The topological polar surface area (TPSA) is 178 Å². The molecule has 13 heteroatoms. The summed E-state index contributed by atoms with van der Waals surface area (Å²) in [5.41, 5.74) is -0.0302. The largest absolute Gasteiger partial charge is 0.508 e. The van der Waals surface area contributed by atoms with Gasteiger partial charge in [0.15, 0.2) is 6.23 Å². The summed E-state index contributed by atoms with van der Waals surface area (Å²) in [6.07, 6.45) is -0.218. The van der Waals surface area contributed by atoms with E-state index in [4.69, 9.17) is 4.74 Å². The Hall–Kier alpha value is -2.74. The summed E-state index contributed by atoms with van der Waals surface area (Å²) < 4.78 is 37.8. The highest BCUT2D eigenvalue weighted by Crippen LogP contribution is 2.27. The zero-order chi connectivity index (χ0) is 21.2. The Morgan fingerprint density at radius 3 is 2.79 bits per heavy atom. The molecule has 0 bridgehead atoms. The Bertz CT molecular complexity index is 949. The number of hydrogen-bond acceptors (Lipinski definition) is 9. The second-order valence-electron chi connectivity index (χ2n) is 6.69. The summed E-state index contributed by atoms with van der Waals surface area (Å²) >= 11 is 0. The predicted octanol–water partition coefficient (Wildman–Crippen LogP) is -0.271. The number of anilines is 1. The number of carbonyl (C=O) groups excluding carboxylic acids is 2. The molecule has 3 amide bonds. The number of aliphatic imine (C=N–C) groups is 1. The highest BCUT2D eigenvalue weighted by Gasteiger charge is 2.30. The van der Waals surface area contributed by atoms with Crippen molar-refractivity contribution in [1.29, 1.82) is 0 Å². The molecule has 2 aliphatic heterocycles. The number of urea groups is 1. The second kappa shape index (κ2) is 8.32. The van der Waals surface area contributed by atoms with Crippen LogP contribution in [0.15, 0.2) is 28.1 Å². The summed E-state index contributed by atoms with van der Waals surface area (Å²) in [6.45, 7) is 1.69. The third-order valence-electron chi connectivity index (χ3n) is 4.31. The van der Waals surface area contributed by atoms with Crippen LogP contribution in [0.25, 0.3) is 0 Å². The van der Waals surface area contributed by atoms with E-state index in [1.54, 1.807) is 0 Å². The van der Waals surface area contributed by atoms with Crippen molar-refractivity contribution in [1.82, 2.24) is 16.0 Å². The Morgan fingerprint density at radius 2 is 2.07 bits per heavy atom. The van der Waals surface area contributed by atoms with Gasteiger partial charge in [0, 0.05) is 18.5 Å². The Balaban J connectivity index is 1.75. The van der Waals surface area contributed by atoms with Crippen LogP contribution >= 0.6 is 0 Å². The molecule has 1 saturated heterocycles. The van der Waals surface area contributed by atoms with Gasteiger partial charge >= 0.3 is 6.03 Å². The molecule has 1 fully saturated rings. The molecule has 29 heavy (non-hydrogen) atoms. The fourth-order valence-corrected chi connectivity index (χ4v) is 3.76. The van der Waals surface area contributed by atoms with Crippen LogP contribution in [0, 0.1) is 0 Å². The molecular weight excluding hydrogens is 406 g/mol. The number of nitrogens with one attached hydrogen (secondary N) is 4. The van der Waals surface area contributed by atoms with Gasteiger partial charge in [0.1, 0.15) is 23.2 Å². The molecule has 3 atom stereocenters. The Kier molecular flexibility index (Phi) is 6.02. The molecule has 0 aromatic heterocycles. The van der Waals surface area contributed by atoms with E-state index in [2.05, 4.69) is 26.3 Å². The monoisotopic (exact) mass is 427 g/mol. The van der Waals surface area contributed by atoms with Crippen molar-refractivity contribution in [3.8, 4) is 5.75 Å². The number of phenolic OH excluding ortho intramolecular Hbond substituents is 1. The van der Waals surface area contributed by atoms with Crippen LogP contribution in [0.2, 0.25) is 0 Å². The molecule has 1 aromatic rings. The van der Waals surface area contributed by atoms with Gasteiger partial charge in [-0.05, 0) is 25.5 Å². The molecular formula is C16H21N5O7S. The van der Waals surface area contributed by atoms with E-state index in [9.17, 15) is 27.7 Å². The van der Waals surface area contributed by atoms with Gasteiger partial charge in [-0.1, -0.05) is 0 Å². The smallest absolute Gasteiger partial charge is 0.323 e. The molecule has 0 radical (unpaired) electrons. The fourth-order valence-electron chi connectivity index (χ4n) is 3.13. The maximum Gasteiger partial charge on any atom is 0.323 e. The molecule has 3 rings (SSSR count). The minimum Gasteiger partial charge on any atom is -0.508 e. The van der Waals surface area contributed by atoms with Crippen molar-refractivity contribution in [2.75, 3.05) is 12.0 Å². The first-order chi connectivity index (χ1) is 13.6. The van der Waals surface area contributed by atoms with Crippen LogP contribution in [0.1, 0.15) is 19.8 Å². The lowest BCUT2D eigenvalue weighted by molar-refractivity contribution is -0.133. The number of carbonyl (C=O) groups is 2. The van der Waals surface area contributed by atoms with Gasteiger partial charge in [0.2, 0.25) is 0 Å². The molecule has 12 nitrogen and oxygen atoms in total. The first-order valence-electron chi connectivity index (χ1n) is 8.72. The number of amides is 3. The summed E-state index contributed by atoms with van der Waals surface area (Å²) in [7, 11) is -4.52. The van der Waals surface area contributed by atoms with Crippen LogP contribution in [0.3, 0.4) is 0 Å². The van der Waals surface area contributed by atoms with E-state index in [1.165, 1.54) is 0 Å². The minimum absolute atomic E-state index is 0.0302. The van der Waals surface area contributed by atoms with Crippen molar-refractivity contribution in [2.24, 2.45) is 4.99 Å². The Labute approximate surface area is 166 Å². The molecule has 6 N–H and O–H groups in total. The fraction of sp³-hybridized carbons (Fsp3) is 0.438. The number of amidine groups is 1. The van der Waals surface area contributed by atoms with E-state index in [0.29, 0.717) is 12.3 Å². The average molecular weight is 427 g/mol. The second-order valence-corrected chi connectivity index (χ2v) is 8.08. The number of phenols is 1. The van der Waals surface area contributed by atoms with Crippen molar-refractivity contribution in [3.63, 3.8) is 0 Å². The standard InChI is InChI=1S/C16H21N5O7S/c1-8-4-9(19-15-14(23)21-16(24)17-7-28-15)5-13(18-8)20-11-6-10(22)2-3-12(11)29(25,26)27/h2-3,6,8-9,15,19,22H,4-5,7H2,1H3,(H,18,20)(H,25,26,27)(H2,17,21,23,24). The van der Waals surface area contributed by atoms with Crippen LogP contribution in [-0.2, 0) is 19.6 Å². The summed E-state index contributed by atoms with van der Waals surface area (Å²) in [6, 6.07) is 2.27. The highest BCUT2D eigenvalue weighted by atomic mass is 32.2. The lowest BCUT2D eigenvalue weighted by atomic mass is 10.0. The number of aromatic hydroxyl groups is 1. The zero-order valence-corrected chi connectivity index (χ0v) is 16.2. The highest BCUT2D eigenvalue weighted by molar-refractivity contribution is 7.86. The summed E-state index contributed by atoms with van der Waals surface area (Å²) in [5.74, 6) is -0.439. The Morgan fingerprint density at radius 1 is 1.31 bits per heavy atom. The summed E-state index contributed by atoms with van der Waals surface area (Å²) in [4.78, 5) is 27.3. The van der Waals surface area contributed by atoms with E-state index in [-0.39, 0.29) is 36.7 Å². The first-order valence-corrected chi connectivity index (χ1v) is 10.2. The average Bonchev–Trinajstić information content (AvgIpc) is 2.74. The van der Waals surface area contributed by atoms with Crippen LogP contribution in [-0.4, -0.2) is 60.9 Å². The maximum atomic E-state index is 12.0. The molecule has 2 aliphatic rings. The molecule has 0 aliphatic carbocycles. The SMILES string of the molecule is CC1CC(NC2OCNC(=O)NC2=O)CC(Nc2cc(O)ccc2S(=O)(=O)O)=N1. The van der Waals surface area contributed by atoms with Gasteiger partial charge in [-0.25, -0.2) is 4.79 Å². The van der Waals surface area contributed by atoms with Gasteiger partial charge in [0.25, 0.3) is 16.0 Å². The van der Waals surface area contributed by atoms with Crippen molar-refractivity contribution in [2.45, 2.75) is 43.0 Å². The van der Waals surface area contributed by atoms with Crippen molar-refractivity contribution >= 4 is 33.6 Å². The van der Waals surface area contributed by atoms with E-state index in [1.807, 2.05) is 6.92 Å². The third kappa shape index (κ3) is 5.41. The van der Waals surface area contributed by atoms with Crippen molar-refractivity contribution < 1.29 is 32.4 Å². The van der Waals surface area contributed by atoms with Gasteiger partial charge in [-0.2, -0.15) is 8.42 Å². The maximum absolute atomic E-state index is 12.0. The van der Waals surface area contributed by atoms with Crippen LogP contribution in [0.5, 0.6) is 5.75 Å². The zero-order valence-electron chi connectivity index (χ0n) is 15.4. The minimum atomic E-state index is -4.52. The molecule has 158 valence electrons. The van der Waals surface area contributed by atoms with Gasteiger partial charge in [-0.3, -0.25) is 25.0 Å². The van der Waals surface area contributed by atoms with Crippen molar-refractivity contribution in [3.05, 3.63) is 18.2 Å². The number of benzene rings is 1. The molecule has 0 spiro atoms. The number of ether oxygens (including phenoxy) is 1. The number of imide groups is 1. The predicted molar refractivity (Wildman–Crippen MR) is 101 cm³/mol. The van der Waals surface area contributed by atoms with Gasteiger partial charge < -0.3 is 20.5 Å². The van der Waals surface area contributed by atoms with Crippen LogP contribution < -0.4 is 21.3 Å². The van der Waals surface area contributed by atoms with E-state index < -0.39 is 33.2 Å².